The summed E-state index contributed by atoms with van der Waals surface area (Å²) in [7, 11) is 0. The normalized spacial score (nSPS) is 8.55. The van der Waals surface area contributed by atoms with Crippen molar-refractivity contribution >= 4 is 6.79 Å². The molecular formula is C9H21NO. The molecular weight excluding hydrogens is 138 g/mol. The minimum absolute atomic E-state index is 0.867. The minimum Gasteiger partial charge on any atom is -0.330 e. The predicted octanol–water partition coefficient (Wildman–Crippen LogP) is 2.12. The molecule has 0 aliphatic heterocycles. The maximum absolute atomic E-state index is 8.00. The zero-order valence-electron chi connectivity index (χ0n) is 7.64. The van der Waals surface area contributed by atoms with Gasteiger partial charge in [0, 0.05) is 0 Å². The van der Waals surface area contributed by atoms with E-state index in [1.165, 1.54) is 38.5 Å². The Morgan fingerprint density at radius 3 is 1.91 bits per heavy atom. The minimum atomic E-state index is 0.867. The molecule has 0 heterocycles. The molecule has 0 rings (SSSR count). The largest absolute Gasteiger partial charge is 0.330 e. The predicted molar refractivity (Wildman–Crippen MR) is 49.6 cm³/mol. The van der Waals surface area contributed by atoms with Gasteiger partial charge in [0.25, 0.3) is 0 Å². The fourth-order valence-electron chi connectivity index (χ4n) is 0.925. The Balaban J connectivity index is 0. The first kappa shape index (κ1) is 13.2. The molecule has 0 bridgehead atoms. The van der Waals surface area contributed by atoms with Gasteiger partial charge in [0.15, 0.2) is 0 Å². The van der Waals surface area contributed by atoms with Crippen LogP contribution in [0.3, 0.4) is 0 Å². The van der Waals surface area contributed by atoms with E-state index in [-0.39, 0.29) is 0 Å². The van der Waals surface area contributed by atoms with Gasteiger partial charge in [-0.15, -0.1) is 0 Å². The Bertz CT molecular complexity index is 51.5. The highest BCUT2D eigenvalue weighted by atomic mass is 16.1. The molecule has 0 saturated heterocycles. The van der Waals surface area contributed by atoms with Crippen molar-refractivity contribution in [1.82, 2.24) is 0 Å². The van der Waals surface area contributed by atoms with Crippen LogP contribution in [0.5, 0.6) is 0 Å². The first-order chi connectivity index (χ1) is 5.41. The van der Waals surface area contributed by atoms with Crippen LogP contribution in [0.1, 0.15) is 45.4 Å². The van der Waals surface area contributed by atoms with Crippen molar-refractivity contribution in [3.05, 3.63) is 0 Å². The summed E-state index contributed by atoms with van der Waals surface area (Å²) in [5.41, 5.74) is 5.34. The second-order valence-corrected chi connectivity index (χ2v) is 2.56. The van der Waals surface area contributed by atoms with Gasteiger partial charge in [0.05, 0.1) is 0 Å². The summed E-state index contributed by atoms with van der Waals surface area (Å²) in [5.74, 6) is 0. The lowest BCUT2D eigenvalue weighted by atomic mass is 10.1. The Morgan fingerprint density at radius 1 is 1.00 bits per heavy atom. The number of unbranched alkanes of at least 4 members (excludes halogenated alkanes) is 5. The van der Waals surface area contributed by atoms with Crippen LogP contribution >= 0.6 is 0 Å². The van der Waals surface area contributed by atoms with E-state index in [2.05, 4.69) is 6.92 Å². The van der Waals surface area contributed by atoms with E-state index < -0.39 is 0 Å². The molecule has 0 spiro atoms. The van der Waals surface area contributed by atoms with Gasteiger partial charge in [0.2, 0.25) is 0 Å². The summed E-state index contributed by atoms with van der Waals surface area (Å²) in [6.45, 7) is 5.11. The van der Waals surface area contributed by atoms with Crippen LogP contribution in [0.25, 0.3) is 0 Å². The maximum Gasteiger partial charge on any atom is 0.106 e. The number of hydrogen-bond donors (Lipinski definition) is 1. The molecule has 0 amide bonds. The van der Waals surface area contributed by atoms with Gasteiger partial charge < -0.3 is 10.5 Å². The van der Waals surface area contributed by atoms with Gasteiger partial charge in [-0.25, -0.2) is 0 Å². The molecule has 0 aromatic carbocycles. The highest BCUT2D eigenvalue weighted by Gasteiger charge is 1.85. The van der Waals surface area contributed by atoms with Gasteiger partial charge >= 0.3 is 0 Å². The maximum atomic E-state index is 8.00. The first-order valence-electron chi connectivity index (χ1n) is 4.40. The summed E-state index contributed by atoms with van der Waals surface area (Å²) in [6.07, 6.45) is 8.05. The topological polar surface area (TPSA) is 43.1 Å². The average Bonchev–Trinajstić information content (AvgIpc) is 2.08. The molecule has 0 aliphatic rings. The Kier molecular flexibility index (Phi) is 19.6. The molecule has 68 valence electrons. The zero-order chi connectivity index (χ0) is 8.95. The molecule has 0 aliphatic carbocycles. The molecule has 0 radical (unpaired) electrons. The molecule has 11 heavy (non-hydrogen) atoms. The standard InChI is InChI=1S/C8H19N.CH2O/c1-2-3-4-5-6-7-8-9;1-2/h2-9H2,1H3;1H2. The average molecular weight is 159 g/mol. The fraction of sp³-hybridized carbons (Fsp3) is 0.889. The van der Waals surface area contributed by atoms with Crippen LogP contribution in [0.4, 0.5) is 0 Å². The molecule has 2 heteroatoms. The van der Waals surface area contributed by atoms with Crippen molar-refractivity contribution in [2.24, 2.45) is 5.73 Å². The monoisotopic (exact) mass is 159 g/mol. The molecule has 2 N–H and O–H groups in total. The zero-order valence-corrected chi connectivity index (χ0v) is 7.64. The van der Waals surface area contributed by atoms with Crippen LogP contribution in [0.2, 0.25) is 0 Å². The van der Waals surface area contributed by atoms with Crippen LogP contribution in [-0.4, -0.2) is 13.3 Å². The van der Waals surface area contributed by atoms with E-state index in [9.17, 15) is 0 Å². The highest BCUT2D eigenvalue weighted by Crippen LogP contribution is 2.03. The van der Waals surface area contributed by atoms with Gasteiger partial charge in [-0.1, -0.05) is 39.0 Å². The summed E-state index contributed by atoms with van der Waals surface area (Å²) in [6, 6.07) is 0. The summed E-state index contributed by atoms with van der Waals surface area (Å²) < 4.78 is 0. The first-order valence-corrected chi connectivity index (χ1v) is 4.40. The second kappa shape index (κ2) is 16.3. The van der Waals surface area contributed by atoms with E-state index in [0.29, 0.717) is 0 Å². The molecule has 0 aromatic rings. The summed E-state index contributed by atoms with van der Waals surface area (Å²) in [4.78, 5) is 8.00. The van der Waals surface area contributed by atoms with Gasteiger partial charge in [-0.2, -0.15) is 0 Å². The fourth-order valence-corrected chi connectivity index (χ4v) is 0.925. The van der Waals surface area contributed by atoms with Crippen LogP contribution < -0.4 is 5.73 Å². The lowest BCUT2D eigenvalue weighted by molar-refractivity contribution is -0.0979. The van der Waals surface area contributed by atoms with Crippen LogP contribution in [0, 0.1) is 0 Å². The van der Waals surface area contributed by atoms with E-state index >= 15 is 0 Å². The Morgan fingerprint density at radius 2 is 1.45 bits per heavy atom. The number of nitrogens with two attached hydrogens (primary N) is 1. The quantitative estimate of drug-likeness (QED) is 0.603. The lowest BCUT2D eigenvalue weighted by Gasteiger charge is -1.96. The van der Waals surface area contributed by atoms with Crippen molar-refractivity contribution in [2.75, 3.05) is 6.54 Å². The molecule has 0 fully saturated rings. The van der Waals surface area contributed by atoms with Gasteiger partial charge in [0.1, 0.15) is 6.79 Å². The highest BCUT2D eigenvalue weighted by molar-refractivity contribution is 5.10. The second-order valence-electron chi connectivity index (χ2n) is 2.56. The number of carbonyl (C=O) groups excluding carboxylic acids is 1. The summed E-state index contributed by atoms with van der Waals surface area (Å²) in [5, 5.41) is 0. The summed E-state index contributed by atoms with van der Waals surface area (Å²) >= 11 is 0. The molecule has 2 nitrogen and oxygen atoms in total. The van der Waals surface area contributed by atoms with E-state index in [0.717, 1.165) is 6.54 Å². The number of hydrogen-bond acceptors (Lipinski definition) is 2. The van der Waals surface area contributed by atoms with Gasteiger partial charge in [-0.05, 0) is 13.0 Å². The van der Waals surface area contributed by atoms with Crippen molar-refractivity contribution in [3.8, 4) is 0 Å². The Labute approximate surface area is 70.2 Å². The molecule has 0 unspecified atom stereocenters. The number of rotatable bonds is 6. The smallest absolute Gasteiger partial charge is 0.106 e. The van der Waals surface area contributed by atoms with Crippen molar-refractivity contribution in [3.63, 3.8) is 0 Å². The Hall–Kier alpha value is -0.370. The lowest BCUT2D eigenvalue weighted by Crippen LogP contribution is -1.97. The molecule has 0 aromatic heterocycles. The third kappa shape index (κ3) is 17.7. The van der Waals surface area contributed by atoms with Crippen LogP contribution in [-0.2, 0) is 4.79 Å². The van der Waals surface area contributed by atoms with E-state index in [4.69, 9.17) is 10.5 Å². The molecule has 0 atom stereocenters. The van der Waals surface area contributed by atoms with Crippen molar-refractivity contribution in [2.45, 2.75) is 45.4 Å². The van der Waals surface area contributed by atoms with Crippen molar-refractivity contribution in [1.29, 1.82) is 0 Å². The van der Waals surface area contributed by atoms with E-state index in [1.807, 2.05) is 6.79 Å². The third-order valence-corrected chi connectivity index (χ3v) is 1.56. The molecule has 0 saturated carbocycles. The number of carbonyl (C=O) groups is 1. The van der Waals surface area contributed by atoms with Gasteiger partial charge in [-0.3, -0.25) is 0 Å². The van der Waals surface area contributed by atoms with E-state index in [1.54, 1.807) is 0 Å². The van der Waals surface area contributed by atoms with Crippen LogP contribution in [0.15, 0.2) is 0 Å². The SMILES string of the molecule is C=O.CCCCCCCCN. The van der Waals surface area contributed by atoms with Crippen molar-refractivity contribution < 1.29 is 4.79 Å². The third-order valence-electron chi connectivity index (χ3n) is 1.56.